The van der Waals surface area contributed by atoms with Crippen LogP contribution in [-0.4, -0.2) is 51.4 Å². The van der Waals surface area contributed by atoms with Crippen LogP contribution in [0.5, 0.6) is 0 Å². The molecule has 0 aliphatic carbocycles. The molecular formula is C10H19N2O8P. The topological polar surface area (TPSA) is 162 Å². The van der Waals surface area contributed by atoms with E-state index in [1.807, 2.05) is 36.4 Å². The van der Waals surface area contributed by atoms with Gasteiger partial charge in [-0.2, -0.15) is 4.62 Å². The van der Waals surface area contributed by atoms with Gasteiger partial charge >= 0.3 is 12.9 Å². The van der Waals surface area contributed by atoms with Gasteiger partial charge < -0.3 is 25.3 Å². The van der Waals surface area contributed by atoms with Gasteiger partial charge in [0.05, 0.1) is 13.2 Å². The van der Waals surface area contributed by atoms with Crippen LogP contribution in [0.3, 0.4) is 0 Å². The van der Waals surface area contributed by atoms with Gasteiger partial charge in [-0.05, 0) is 0 Å². The van der Waals surface area contributed by atoms with E-state index in [4.69, 9.17) is 30.1 Å². The van der Waals surface area contributed by atoms with Crippen LogP contribution < -0.4 is 5.32 Å². The van der Waals surface area contributed by atoms with E-state index < -0.39 is 12.9 Å². The standard InChI is InChI=1S/C6H6.C4H11NO2.H2NO6P/c1-2-4-6-5-3-1;6-3-1-5-2-4-7;2-1(3)7-8(4,5)6/h1-6H;5-7H,1-4H2;(H2,4,5,6). The van der Waals surface area contributed by atoms with Crippen LogP contribution in [0.2, 0.25) is 0 Å². The zero-order valence-corrected chi connectivity index (χ0v) is 12.0. The number of aliphatic hydroxyl groups excluding tert-OH is 2. The van der Waals surface area contributed by atoms with E-state index in [1.54, 1.807) is 0 Å². The quantitative estimate of drug-likeness (QED) is 0.201. The Morgan fingerprint density at radius 3 is 1.48 bits per heavy atom. The summed E-state index contributed by atoms with van der Waals surface area (Å²) in [5, 5.41) is 26.6. The molecule has 0 amide bonds. The van der Waals surface area contributed by atoms with Crippen LogP contribution in [0.25, 0.3) is 0 Å². The number of benzene rings is 1. The van der Waals surface area contributed by atoms with Gasteiger partial charge in [0.2, 0.25) is 0 Å². The molecular weight excluding hydrogens is 307 g/mol. The first-order chi connectivity index (χ1) is 9.83. The lowest BCUT2D eigenvalue weighted by Crippen LogP contribution is -2.21. The number of hydrogen-bond acceptors (Lipinski definition) is 7. The molecule has 5 N–H and O–H groups in total. The molecule has 0 saturated heterocycles. The molecule has 0 fully saturated rings. The molecule has 1 aromatic carbocycles. The summed E-state index contributed by atoms with van der Waals surface area (Å²) in [5.74, 6) is 0. The first-order valence-electron chi connectivity index (χ1n) is 5.65. The first-order valence-corrected chi connectivity index (χ1v) is 7.18. The highest BCUT2D eigenvalue weighted by atomic mass is 31.2. The Morgan fingerprint density at radius 2 is 1.33 bits per heavy atom. The van der Waals surface area contributed by atoms with Crippen molar-refractivity contribution in [2.45, 2.75) is 0 Å². The summed E-state index contributed by atoms with van der Waals surface area (Å²) in [6.45, 7) is 1.42. The van der Waals surface area contributed by atoms with E-state index in [9.17, 15) is 4.57 Å². The van der Waals surface area contributed by atoms with Crippen LogP contribution in [0, 0.1) is 10.1 Å². The molecule has 0 unspecified atom stereocenters. The molecule has 10 nitrogen and oxygen atoms in total. The van der Waals surface area contributed by atoms with Crippen LogP contribution in [0.15, 0.2) is 36.4 Å². The number of rotatable bonds is 6. The third-order valence-electron chi connectivity index (χ3n) is 1.42. The Labute approximate surface area is 121 Å². The van der Waals surface area contributed by atoms with Gasteiger partial charge in [-0.3, -0.25) is 0 Å². The Balaban J connectivity index is 0. The predicted octanol–water partition coefficient (Wildman–Crippen LogP) is -0.465. The Bertz CT molecular complexity index is 355. The fraction of sp³-hybridized carbons (Fsp3) is 0.400. The van der Waals surface area contributed by atoms with Crippen molar-refractivity contribution in [1.29, 1.82) is 0 Å². The Morgan fingerprint density at radius 1 is 1.00 bits per heavy atom. The van der Waals surface area contributed by atoms with Gasteiger partial charge in [0.25, 0.3) is 0 Å². The minimum absolute atomic E-state index is 0.139. The van der Waals surface area contributed by atoms with Crippen LogP contribution in [0.4, 0.5) is 0 Å². The second kappa shape index (κ2) is 14.9. The second-order valence-corrected chi connectivity index (χ2v) is 4.29. The zero-order valence-electron chi connectivity index (χ0n) is 11.1. The van der Waals surface area contributed by atoms with Crippen molar-refractivity contribution in [3.8, 4) is 0 Å². The van der Waals surface area contributed by atoms with Crippen molar-refractivity contribution in [2.75, 3.05) is 26.3 Å². The molecule has 21 heavy (non-hydrogen) atoms. The van der Waals surface area contributed by atoms with Crippen molar-refractivity contribution in [2.24, 2.45) is 0 Å². The van der Waals surface area contributed by atoms with E-state index in [0.717, 1.165) is 0 Å². The Kier molecular flexibility index (Phi) is 15.4. The summed E-state index contributed by atoms with van der Waals surface area (Å²) < 4.78 is 12.3. The van der Waals surface area contributed by atoms with Crippen LogP contribution in [0.1, 0.15) is 0 Å². The second-order valence-electron chi connectivity index (χ2n) is 3.15. The lowest BCUT2D eigenvalue weighted by Gasteiger charge is -1.95. The summed E-state index contributed by atoms with van der Waals surface area (Å²) in [5.41, 5.74) is 0. The molecule has 0 aliphatic heterocycles. The average Bonchev–Trinajstić information content (AvgIpc) is 2.40. The van der Waals surface area contributed by atoms with Crippen molar-refractivity contribution >= 4 is 7.82 Å². The Hall–Kier alpha value is -1.55. The number of aliphatic hydroxyl groups is 2. The maximum Gasteiger partial charge on any atom is 0.501 e. The molecule has 0 aliphatic rings. The average molecular weight is 326 g/mol. The number of nitrogens with zero attached hydrogens (tertiary/aromatic N) is 1. The molecule has 1 rings (SSSR count). The van der Waals surface area contributed by atoms with E-state index in [0.29, 0.717) is 13.1 Å². The summed E-state index contributed by atoms with van der Waals surface area (Å²) in [6.07, 6.45) is 0. The maximum atomic E-state index is 9.47. The van der Waals surface area contributed by atoms with Crippen molar-refractivity contribution in [3.63, 3.8) is 0 Å². The van der Waals surface area contributed by atoms with Gasteiger partial charge in [0, 0.05) is 13.1 Å². The van der Waals surface area contributed by atoms with Gasteiger partial charge in [-0.25, -0.2) is 4.57 Å². The van der Waals surface area contributed by atoms with Gasteiger partial charge in [-0.15, -0.1) is 10.1 Å². The number of hydrogen-bond donors (Lipinski definition) is 5. The smallest absolute Gasteiger partial charge is 0.395 e. The van der Waals surface area contributed by atoms with Crippen molar-refractivity contribution < 1.29 is 34.3 Å². The van der Waals surface area contributed by atoms with Crippen LogP contribution >= 0.6 is 7.82 Å². The highest BCUT2D eigenvalue weighted by Crippen LogP contribution is 2.35. The van der Waals surface area contributed by atoms with Gasteiger partial charge in [0.15, 0.2) is 0 Å². The fourth-order valence-electron chi connectivity index (χ4n) is 0.755. The maximum absolute atomic E-state index is 9.47. The van der Waals surface area contributed by atoms with E-state index >= 15 is 0 Å². The minimum Gasteiger partial charge on any atom is -0.395 e. The minimum atomic E-state index is -4.92. The molecule has 1 aromatic rings. The zero-order chi connectivity index (χ0) is 16.6. The largest absolute Gasteiger partial charge is 0.501 e. The van der Waals surface area contributed by atoms with Gasteiger partial charge in [-0.1, -0.05) is 36.4 Å². The summed E-state index contributed by atoms with van der Waals surface area (Å²) in [7, 11) is -4.92. The lowest BCUT2D eigenvalue weighted by atomic mass is 10.4. The van der Waals surface area contributed by atoms with Crippen LogP contribution in [-0.2, 0) is 9.19 Å². The van der Waals surface area contributed by atoms with Gasteiger partial charge in [0.1, 0.15) is 0 Å². The number of nitrogens with one attached hydrogen (secondary N) is 1. The van der Waals surface area contributed by atoms with E-state index in [1.165, 1.54) is 0 Å². The number of phosphoric acid groups is 1. The van der Waals surface area contributed by atoms with Crippen molar-refractivity contribution in [1.82, 2.24) is 5.32 Å². The molecule has 0 bridgehead atoms. The summed E-state index contributed by atoms with van der Waals surface area (Å²) in [6, 6.07) is 12.0. The molecule has 11 heteroatoms. The monoisotopic (exact) mass is 326 g/mol. The summed E-state index contributed by atoms with van der Waals surface area (Å²) >= 11 is 0. The molecule has 0 spiro atoms. The molecule has 0 saturated carbocycles. The molecule has 0 aromatic heterocycles. The third-order valence-corrected chi connectivity index (χ3v) is 1.76. The molecule has 122 valence electrons. The highest BCUT2D eigenvalue weighted by molar-refractivity contribution is 7.46. The van der Waals surface area contributed by atoms with E-state index in [-0.39, 0.29) is 13.2 Å². The fourth-order valence-corrected chi connectivity index (χ4v) is 0.929. The molecule has 0 atom stereocenters. The van der Waals surface area contributed by atoms with Crippen molar-refractivity contribution in [3.05, 3.63) is 46.5 Å². The lowest BCUT2D eigenvalue weighted by molar-refractivity contribution is -0.718. The van der Waals surface area contributed by atoms with E-state index in [2.05, 4.69) is 9.94 Å². The first kappa shape index (κ1) is 21.7. The third kappa shape index (κ3) is 27.6. The molecule has 0 radical (unpaired) electrons. The normalized spacial score (nSPS) is 9.52. The predicted molar refractivity (Wildman–Crippen MR) is 73.6 cm³/mol. The SMILES string of the molecule is O=[N+]([O-])OP(=O)(O)O.OCCNCCO.c1ccccc1. The summed E-state index contributed by atoms with van der Waals surface area (Å²) in [4.78, 5) is 24.4. The highest BCUT2D eigenvalue weighted by Gasteiger charge is 2.17. The molecule has 0 heterocycles.